The molecule has 146 valence electrons. The summed E-state index contributed by atoms with van der Waals surface area (Å²) < 4.78 is 0. The highest BCUT2D eigenvalue weighted by atomic mass is 16.1. The predicted molar refractivity (Wildman–Crippen MR) is 111 cm³/mol. The number of amides is 1. The molecule has 5 fully saturated rings. The molecule has 0 unspecified atom stereocenters. The van der Waals surface area contributed by atoms with Crippen LogP contribution < -0.4 is 10.2 Å². The van der Waals surface area contributed by atoms with Crippen molar-refractivity contribution in [1.82, 2.24) is 0 Å². The van der Waals surface area contributed by atoms with Gasteiger partial charge in [0, 0.05) is 30.9 Å². The number of carbonyl (C=O) groups excluding carboxylic acids is 1. The summed E-state index contributed by atoms with van der Waals surface area (Å²) in [6, 6.07) is 8.56. The maximum Gasteiger partial charge on any atom is 0.224 e. The van der Waals surface area contributed by atoms with Crippen LogP contribution in [0.4, 0.5) is 11.4 Å². The van der Waals surface area contributed by atoms with Crippen LogP contribution in [0.2, 0.25) is 0 Å². The van der Waals surface area contributed by atoms with E-state index in [-0.39, 0.29) is 5.91 Å². The molecule has 0 atom stereocenters. The standard InChI is InChI=1S/C24H34N2O/c27-23(17-24-14-18-11-19(15-24)13-20(12-18)16-24)25-21-5-7-22(8-6-21)26-9-3-1-2-4-10-26/h5-8,18-20H,1-4,9-17H2,(H,25,27). The van der Waals surface area contributed by atoms with Crippen LogP contribution in [-0.2, 0) is 4.79 Å². The van der Waals surface area contributed by atoms with Gasteiger partial charge in [-0.25, -0.2) is 0 Å². The van der Waals surface area contributed by atoms with E-state index in [4.69, 9.17) is 0 Å². The Hall–Kier alpha value is -1.51. The molecule has 6 rings (SSSR count). The Morgan fingerprint density at radius 1 is 0.889 bits per heavy atom. The first kappa shape index (κ1) is 17.6. The lowest BCUT2D eigenvalue weighted by Crippen LogP contribution is -2.47. The summed E-state index contributed by atoms with van der Waals surface area (Å²) in [5.41, 5.74) is 2.59. The van der Waals surface area contributed by atoms with Crippen molar-refractivity contribution in [2.75, 3.05) is 23.3 Å². The van der Waals surface area contributed by atoms with Crippen molar-refractivity contribution < 1.29 is 4.79 Å². The van der Waals surface area contributed by atoms with Gasteiger partial charge < -0.3 is 10.2 Å². The molecular weight excluding hydrogens is 332 g/mol. The van der Waals surface area contributed by atoms with Crippen LogP contribution in [-0.4, -0.2) is 19.0 Å². The second-order valence-corrected chi connectivity index (χ2v) is 10.1. The number of nitrogens with zero attached hydrogens (tertiary/aromatic N) is 1. The predicted octanol–water partition coefficient (Wildman–Crippen LogP) is 5.61. The van der Waals surface area contributed by atoms with Crippen molar-refractivity contribution >= 4 is 17.3 Å². The van der Waals surface area contributed by atoms with Crippen molar-refractivity contribution in [3.05, 3.63) is 24.3 Å². The smallest absolute Gasteiger partial charge is 0.224 e. The molecule has 1 amide bonds. The third kappa shape index (κ3) is 3.75. The third-order valence-corrected chi connectivity index (χ3v) is 7.82. The maximum atomic E-state index is 12.8. The Morgan fingerprint density at radius 3 is 2.00 bits per heavy atom. The number of carbonyl (C=O) groups is 1. The van der Waals surface area contributed by atoms with Crippen molar-refractivity contribution in [3.63, 3.8) is 0 Å². The lowest BCUT2D eigenvalue weighted by atomic mass is 9.49. The van der Waals surface area contributed by atoms with Gasteiger partial charge in [-0.1, -0.05) is 12.8 Å². The molecule has 5 aliphatic rings. The zero-order chi connectivity index (χ0) is 18.3. The normalized spacial score (nSPS) is 35.1. The Bertz CT molecular complexity index is 637. The third-order valence-electron chi connectivity index (χ3n) is 7.82. The molecule has 1 aromatic carbocycles. The zero-order valence-corrected chi connectivity index (χ0v) is 16.6. The molecule has 0 aromatic heterocycles. The second-order valence-electron chi connectivity index (χ2n) is 10.1. The monoisotopic (exact) mass is 366 g/mol. The first-order valence-corrected chi connectivity index (χ1v) is 11.3. The van der Waals surface area contributed by atoms with Gasteiger partial charge in [-0.15, -0.1) is 0 Å². The van der Waals surface area contributed by atoms with E-state index < -0.39 is 0 Å². The Morgan fingerprint density at radius 2 is 1.44 bits per heavy atom. The minimum absolute atomic E-state index is 0.236. The van der Waals surface area contributed by atoms with Gasteiger partial charge in [0.05, 0.1) is 0 Å². The average Bonchev–Trinajstić information content (AvgIpc) is 2.90. The van der Waals surface area contributed by atoms with Gasteiger partial charge in [0.2, 0.25) is 5.91 Å². The fourth-order valence-corrected chi connectivity index (χ4v) is 7.14. The van der Waals surface area contributed by atoms with E-state index in [1.54, 1.807) is 0 Å². The van der Waals surface area contributed by atoms with E-state index in [0.717, 1.165) is 43.0 Å². The summed E-state index contributed by atoms with van der Waals surface area (Å²) in [6.45, 7) is 2.33. The van der Waals surface area contributed by atoms with Crippen molar-refractivity contribution in [2.45, 2.75) is 70.6 Å². The zero-order valence-electron chi connectivity index (χ0n) is 16.6. The van der Waals surface area contributed by atoms with Gasteiger partial charge in [-0.2, -0.15) is 0 Å². The largest absolute Gasteiger partial charge is 0.372 e. The molecule has 4 saturated carbocycles. The van der Waals surface area contributed by atoms with Crippen LogP contribution >= 0.6 is 0 Å². The van der Waals surface area contributed by atoms with E-state index in [1.165, 1.54) is 69.9 Å². The van der Waals surface area contributed by atoms with Gasteiger partial charge in [-0.3, -0.25) is 4.79 Å². The molecule has 1 N–H and O–H groups in total. The summed E-state index contributed by atoms with van der Waals surface area (Å²) in [7, 11) is 0. The van der Waals surface area contributed by atoms with Gasteiger partial charge in [0.15, 0.2) is 0 Å². The van der Waals surface area contributed by atoms with Crippen molar-refractivity contribution in [2.24, 2.45) is 23.2 Å². The van der Waals surface area contributed by atoms with Crippen LogP contribution in [0.3, 0.4) is 0 Å². The lowest BCUT2D eigenvalue weighted by molar-refractivity contribution is -0.124. The van der Waals surface area contributed by atoms with E-state index in [2.05, 4.69) is 34.5 Å². The molecule has 27 heavy (non-hydrogen) atoms. The number of hydrogen-bond donors (Lipinski definition) is 1. The first-order valence-electron chi connectivity index (χ1n) is 11.3. The van der Waals surface area contributed by atoms with Crippen LogP contribution in [0.1, 0.15) is 70.6 Å². The summed E-state index contributed by atoms with van der Waals surface area (Å²) in [5, 5.41) is 3.20. The summed E-state index contributed by atoms with van der Waals surface area (Å²) in [5.74, 6) is 2.98. The molecule has 1 saturated heterocycles. The number of rotatable bonds is 4. The highest BCUT2D eigenvalue weighted by Crippen LogP contribution is 2.61. The Kier molecular flexibility index (Phi) is 4.65. The van der Waals surface area contributed by atoms with Gasteiger partial charge in [0.1, 0.15) is 0 Å². The Labute approximate surface area is 163 Å². The highest BCUT2D eigenvalue weighted by molar-refractivity contribution is 5.91. The van der Waals surface area contributed by atoms with E-state index in [1.807, 2.05) is 0 Å². The topological polar surface area (TPSA) is 32.3 Å². The molecule has 1 aromatic rings. The molecule has 4 aliphatic carbocycles. The molecule has 1 heterocycles. The van der Waals surface area contributed by atoms with Crippen molar-refractivity contribution in [1.29, 1.82) is 0 Å². The summed E-state index contributed by atoms with van der Waals surface area (Å²) in [4.78, 5) is 15.3. The minimum Gasteiger partial charge on any atom is -0.372 e. The molecule has 3 heteroatoms. The summed E-state index contributed by atoms with van der Waals surface area (Å²) in [6.07, 6.45) is 14.3. The molecular formula is C24H34N2O. The first-order chi connectivity index (χ1) is 13.2. The van der Waals surface area contributed by atoms with Crippen LogP contribution in [0.25, 0.3) is 0 Å². The molecule has 4 bridgehead atoms. The average molecular weight is 367 g/mol. The quantitative estimate of drug-likeness (QED) is 0.751. The van der Waals surface area contributed by atoms with Crippen LogP contribution in [0, 0.1) is 23.2 Å². The fourth-order valence-electron chi connectivity index (χ4n) is 7.14. The number of anilines is 2. The van der Waals surface area contributed by atoms with Gasteiger partial charge >= 0.3 is 0 Å². The lowest BCUT2D eigenvalue weighted by Gasteiger charge is -2.56. The van der Waals surface area contributed by atoms with E-state index in [0.29, 0.717) is 5.41 Å². The second kappa shape index (κ2) is 7.14. The molecule has 3 nitrogen and oxygen atoms in total. The maximum absolute atomic E-state index is 12.8. The Balaban J connectivity index is 1.20. The van der Waals surface area contributed by atoms with Gasteiger partial charge in [-0.05, 0) is 98.8 Å². The fraction of sp³-hybridized carbons (Fsp3) is 0.708. The van der Waals surface area contributed by atoms with Gasteiger partial charge in [0.25, 0.3) is 0 Å². The van der Waals surface area contributed by atoms with Crippen molar-refractivity contribution in [3.8, 4) is 0 Å². The summed E-state index contributed by atoms with van der Waals surface area (Å²) >= 11 is 0. The number of nitrogens with one attached hydrogen (secondary N) is 1. The van der Waals surface area contributed by atoms with E-state index in [9.17, 15) is 4.79 Å². The van der Waals surface area contributed by atoms with E-state index >= 15 is 0 Å². The number of benzene rings is 1. The van der Waals surface area contributed by atoms with Crippen LogP contribution in [0.5, 0.6) is 0 Å². The SMILES string of the molecule is O=C(CC12CC3CC(CC(C3)C1)C2)Nc1ccc(N2CCCCCC2)cc1. The minimum atomic E-state index is 0.236. The number of hydrogen-bond acceptors (Lipinski definition) is 2. The molecule has 0 radical (unpaired) electrons. The molecule has 1 aliphatic heterocycles. The molecule has 0 spiro atoms. The van der Waals surface area contributed by atoms with Crippen LogP contribution in [0.15, 0.2) is 24.3 Å². The highest BCUT2D eigenvalue weighted by Gasteiger charge is 2.51.